The number of esters is 2. The molecular weight excluding hydrogens is 186 g/mol. The normalized spacial score (nSPS) is 20.8. The zero-order valence-electron chi connectivity index (χ0n) is 8.42. The number of nitrogens with one attached hydrogen (secondary N) is 1. The number of rotatable bonds is 3. The van der Waals surface area contributed by atoms with Crippen molar-refractivity contribution in [3.63, 3.8) is 0 Å². The molecule has 78 valence electrons. The molecule has 1 N–H and O–H groups in total. The second-order valence-corrected chi connectivity index (χ2v) is 2.81. The summed E-state index contributed by atoms with van der Waals surface area (Å²) in [6.07, 6.45) is -0.538. The Labute approximate surface area is 82.1 Å². The first-order valence-electron chi connectivity index (χ1n) is 4.41. The SMILES string of the molecule is CCOC(=O)C1=C(NC)C(=O)OC1C. The fourth-order valence-corrected chi connectivity index (χ4v) is 1.31. The summed E-state index contributed by atoms with van der Waals surface area (Å²) in [5.74, 6) is -1.02. The minimum atomic E-state index is -0.538. The van der Waals surface area contributed by atoms with E-state index in [2.05, 4.69) is 5.32 Å². The van der Waals surface area contributed by atoms with E-state index in [0.29, 0.717) is 0 Å². The van der Waals surface area contributed by atoms with Crippen LogP contribution < -0.4 is 5.32 Å². The summed E-state index contributed by atoms with van der Waals surface area (Å²) in [5, 5.41) is 2.64. The molecule has 1 heterocycles. The molecule has 1 unspecified atom stereocenters. The third-order valence-corrected chi connectivity index (χ3v) is 1.91. The van der Waals surface area contributed by atoms with Gasteiger partial charge in [0, 0.05) is 7.05 Å². The molecule has 0 bridgehead atoms. The molecule has 0 radical (unpaired) electrons. The molecule has 1 aliphatic heterocycles. The van der Waals surface area contributed by atoms with Crippen molar-refractivity contribution in [2.75, 3.05) is 13.7 Å². The quantitative estimate of drug-likeness (QED) is 0.646. The molecule has 0 amide bonds. The number of likely N-dealkylation sites (N-methyl/N-ethyl adjacent to an activating group) is 1. The number of carbonyl (C=O) groups is 2. The highest BCUT2D eigenvalue weighted by atomic mass is 16.6. The lowest BCUT2D eigenvalue weighted by atomic mass is 10.1. The Balaban J connectivity index is 2.96. The van der Waals surface area contributed by atoms with Crippen molar-refractivity contribution in [2.45, 2.75) is 20.0 Å². The molecule has 0 aliphatic carbocycles. The molecule has 1 rings (SSSR count). The summed E-state index contributed by atoms with van der Waals surface area (Å²) in [4.78, 5) is 22.6. The Kier molecular flexibility index (Phi) is 3.11. The first kappa shape index (κ1) is 10.6. The number of cyclic esters (lactones) is 1. The lowest BCUT2D eigenvalue weighted by molar-refractivity contribution is -0.141. The summed E-state index contributed by atoms with van der Waals surface area (Å²) in [6.45, 7) is 3.62. The van der Waals surface area contributed by atoms with Gasteiger partial charge in [0.15, 0.2) is 0 Å². The second kappa shape index (κ2) is 4.13. The van der Waals surface area contributed by atoms with Crippen LogP contribution in [0.25, 0.3) is 0 Å². The molecular formula is C9H13NO4. The molecule has 1 aliphatic rings. The summed E-state index contributed by atoms with van der Waals surface area (Å²) >= 11 is 0. The van der Waals surface area contributed by atoms with Crippen LogP contribution in [-0.2, 0) is 19.1 Å². The third kappa shape index (κ3) is 1.71. The van der Waals surface area contributed by atoms with E-state index >= 15 is 0 Å². The van der Waals surface area contributed by atoms with E-state index in [1.165, 1.54) is 0 Å². The van der Waals surface area contributed by atoms with Gasteiger partial charge in [-0.3, -0.25) is 0 Å². The summed E-state index contributed by atoms with van der Waals surface area (Å²) in [6, 6.07) is 0. The van der Waals surface area contributed by atoms with E-state index in [4.69, 9.17) is 9.47 Å². The Hall–Kier alpha value is -1.52. The maximum Gasteiger partial charge on any atom is 0.355 e. The minimum Gasteiger partial charge on any atom is -0.462 e. The predicted molar refractivity (Wildman–Crippen MR) is 48.3 cm³/mol. The number of ether oxygens (including phenoxy) is 2. The van der Waals surface area contributed by atoms with Gasteiger partial charge in [-0.05, 0) is 13.8 Å². The van der Waals surface area contributed by atoms with Gasteiger partial charge >= 0.3 is 11.9 Å². The average molecular weight is 199 g/mol. The van der Waals surface area contributed by atoms with E-state index in [-0.39, 0.29) is 17.9 Å². The Bertz CT molecular complexity index is 295. The van der Waals surface area contributed by atoms with Crippen LogP contribution in [0.2, 0.25) is 0 Å². The lowest BCUT2D eigenvalue weighted by Gasteiger charge is -2.06. The summed E-state index contributed by atoms with van der Waals surface area (Å²) in [7, 11) is 1.56. The van der Waals surface area contributed by atoms with Gasteiger partial charge in [-0.2, -0.15) is 0 Å². The van der Waals surface area contributed by atoms with Gasteiger partial charge in [-0.15, -0.1) is 0 Å². The second-order valence-electron chi connectivity index (χ2n) is 2.81. The standard InChI is InChI=1S/C9H13NO4/c1-4-13-8(11)6-5(2)14-9(12)7(6)10-3/h5,10H,4H2,1-3H3. The van der Waals surface area contributed by atoms with E-state index in [1.807, 2.05) is 0 Å². The Morgan fingerprint density at radius 2 is 2.29 bits per heavy atom. The van der Waals surface area contributed by atoms with Gasteiger partial charge in [0.25, 0.3) is 0 Å². The van der Waals surface area contributed by atoms with Crippen molar-refractivity contribution >= 4 is 11.9 Å². The van der Waals surface area contributed by atoms with Crippen molar-refractivity contribution in [3.8, 4) is 0 Å². The van der Waals surface area contributed by atoms with Crippen molar-refractivity contribution < 1.29 is 19.1 Å². The van der Waals surface area contributed by atoms with Crippen LogP contribution in [0.5, 0.6) is 0 Å². The van der Waals surface area contributed by atoms with E-state index in [0.717, 1.165) is 0 Å². The average Bonchev–Trinajstić information content (AvgIpc) is 2.40. The smallest absolute Gasteiger partial charge is 0.355 e. The van der Waals surface area contributed by atoms with Gasteiger partial charge in [0.2, 0.25) is 0 Å². The molecule has 0 spiro atoms. The lowest BCUT2D eigenvalue weighted by Crippen LogP contribution is -2.19. The van der Waals surface area contributed by atoms with E-state index in [1.54, 1.807) is 20.9 Å². The van der Waals surface area contributed by atoms with Crippen molar-refractivity contribution in [1.82, 2.24) is 5.32 Å². The molecule has 0 aromatic carbocycles. The van der Waals surface area contributed by atoms with Gasteiger partial charge in [-0.1, -0.05) is 0 Å². The molecule has 0 aromatic rings. The predicted octanol–water partition coefficient (Wildman–Crippen LogP) is -0.0317. The molecule has 0 fully saturated rings. The van der Waals surface area contributed by atoms with Crippen LogP contribution in [0.4, 0.5) is 0 Å². The molecule has 14 heavy (non-hydrogen) atoms. The summed E-state index contributed by atoms with van der Waals surface area (Å²) < 4.78 is 9.68. The van der Waals surface area contributed by atoms with Crippen LogP contribution in [0.1, 0.15) is 13.8 Å². The topological polar surface area (TPSA) is 64.6 Å². The van der Waals surface area contributed by atoms with Gasteiger partial charge in [0.1, 0.15) is 17.4 Å². The van der Waals surface area contributed by atoms with Crippen molar-refractivity contribution in [3.05, 3.63) is 11.3 Å². The van der Waals surface area contributed by atoms with Crippen molar-refractivity contribution in [1.29, 1.82) is 0 Å². The van der Waals surface area contributed by atoms with Gasteiger partial charge < -0.3 is 14.8 Å². The minimum absolute atomic E-state index is 0.191. The van der Waals surface area contributed by atoms with Crippen LogP contribution in [0, 0.1) is 0 Å². The fourth-order valence-electron chi connectivity index (χ4n) is 1.31. The molecule has 0 saturated carbocycles. The van der Waals surface area contributed by atoms with Gasteiger partial charge in [-0.25, -0.2) is 9.59 Å². The maximum absolute atomic E-state index is 11.4. The summed E-state index contributed by atoms with van der Waals surface area (Å²) in [5.41, 5.74) is 0.454. The molecule has 0 aromatic heterocycles. The highest BCUT2D eigenvalue weighted by molar-refractivity contribution is 6.03. The van der Waals surface area contributed by atoms with Crippen LogP contribution in [0.15, 0.2) is 11.3 Å². The number of carbonyl (C=O) groups excluding carboxylic acids is 2. The third-order valence-electron chi connectivity index (χ3n) is 1.91. The van der Waals surface area contributed by atoms with Gasteiger partial charge in [0.05, 0.1) is 6.61 Å². The molecule has 0 saturated heterocycles. The van der Waals surface area contributed by atoms with Crippen LogP contribution in [-0.4, -0.2) is 31.7 Å². The molecule has 5 nitrogen and oxygen atoms in total. The van der Waals surface area contributed by atoms with Crippen molar-refractivity contribution in [2.24, 2.45) is 0 Å². The zero-order chi connectivity index (χ0) is 10.7. The highest BCUT2D eigenvalue weighted by Crippen LogP contribution is 2.21. The Morgan fingerprint density at radius 1 is 1.64 bits per heavy atom. The number of hydrogen-bond donors (Lipinski definition) is 1. The fraction of sp³-hybridized carbons (Fsp3) is 0.556. The number of hydrogen-bond acceptors (Lipinski definition) is 5. The Morgan fingerprint density at radius 3 is 2.79 bits per heavy atom. The zero-order valence-corrected chi connectivity index (χ0v) is 8.42. The first-order chi connectivity index (χ1) is 6.61. The highest BCUT2D eigenvalue weighted by Gasteiger charge is 2.35. The largest absolute Gasteiger partial charge is 0.462 e. The van der Waals surface area contributed by atoms with Crippen LogP contribution in [0.3, 0.4) is 0 Å². The van der Waals surface area contributed by atoms with Crippen LogP contribution >= 0.6 is 0 Å². The molecule has 5 heteroatoms. The maximum atomic E-state index is 11.4. The first-order valence-corrected chi connectivity index (χ1v) is 4.41. The van der Waals surface area contributed by atoms with E-state index in [9.17, 15) is 9.59 Å². The monoisotopic (exact) mass is 199 g/mol. The van der Waals surface area contributed by atoms with E-state index < -0.39 is 18.0 Å². The molecule has 1 atom stereocenters.